The number of alkyl halides is 2. The predicted octanol–water partition coefficient (Wildman–Crippen LogP) is 2.16. The van der Waals surface area contributed by atoms with Gasteiger partial charge >= 0.3 is 19.4 Å². The van der Waals surface area contributed by atoms with Gasteiger partial charge in [0, 0.05) is 6.20 Å². The number of aromatic nitrogens is 2. The van der Waals surface area contributed by atoms with Crippen LogP contribution in [0.25, 0.3) is 0 Å². The lowest BCUT2D eigenvalue weighted by Gasteiger charge is -2.27. The number of halogens is 2. The largest absolute Gasteiger partial charge is 0.462 e. The highest BCUT2D eigenvalue weighted by molar-refractivity contribution is 7.52. The van der Waals surface area contributed by atoms with Crippen molar-refractivity contribution in [3.63, 3.8) is 0 Å². The molecule has 12 nitrogen and oxygen atoms in total. The first kappa shape index (κ1) is 29.0. The van der Waals surface area contributed by atoms with Gasteiger partial charge in [0.05, 0.1) is 12.7 Å². The van der Waals surface area contributed by atoms with E-state index in [0.717, 1.165) is 4.57 Å². The van der Waals surface area contributed by atoms with Gasteiger partial charge in [-0.15, -0.1) is 11.6 Å². The Morgan fingerprint density at radius 3 is 2.62 bits per heavy atom. The van der Waals surface area contributed by atoms with Gasteiger partial charge in [0.25, 0.3) is 0 Å². The number of rotatable bonds is 11. The number of nitrogens with zero attached hydrogens (tertiary/aromatic N) is 2. The fraction of sp³-hybridized carbons (Fsp3) is 0.500. The minimum Gasteiger partial charge on any atom is -0.462 e. The minimum absolute atomic E-state index is 0.0738. The first-order chi connectivity index (χ1) is 17.4. The number of aliphatic hydroxyl groups excluding tert-OH is 1. The van der Waals surface area contributed by atoms with Crippen molar-refractivity contribution in [1.82, 2.24) is 14.6 Å². The molecule has 0 bridgehead atoms. The van der Waals surface area contributed by atoms with Crippen molar-refractivity contribution >= 4 is 31.1 Å². The Morgan fingerprint density at radius 1 is 1.35 bits per heavy atom. The Hall–Kier alpha value is -2.54. The lowest BCUT2D eigenvalue weighted by molar-refractivity contribution is -0.149. The molecule has 0 radical (unpaired) electrons. The van der Waals surface area contributed by atoms with Gasteiger partial charge in [0.15, 0.2) is 6.23 Å². The maximum Gasteiger partial charge on any atom is 0.459 e. The highest BCUT2D eigenvalue weighted by Crippen LogP contribution is 2.48. The summed E-state index contributed by atoms with van der Waals surface area (Å²) in [6, 6.07) is 8.16. The van der Waals surface area contributed by atoms with Gasteiger partial charge in [0.1, 0.15) is 41.4 Å². The van der Waals surface area contributed by atoms with Crippen molar-refractivity contribution in [2.24, 2.45) is 0 Å². The lowest BCUT2D eigenvalue weighted by atomic mass is 10.00. The van der Waals surface area contributed by atoms with Crippen molar-refractivity contribution in [1.29, 1.82) is 0 Å². The molecule has 1 saturated heterocycles. The first-order valence-corrected chi connectivity index (χ1v) is 13.2. The summed E-state index contributed by atoms with van der Waals surface area (Å²) in [6.07, 6.45) is -3.77. The number of carbonyl (C=O) groups excluding carboxylic acids is 1. The van der Waals surface area contributed by atoms with Gasteiger partial charge in [-0.3, -0.25) is 13.9 Å². The molecule has 1 fully saturated rings. The molecular weight excluding hydrogens is 534 g/mol. The summed E-state index contributed by atoms with van der Waals surface area (Å²) in [5.41, 5.74) is 4.62. The number of aliphatic hydroxyl groups is 1. The van der Waals surface area contributed by atoms with Crippen LogP contribution in [0.1, 0.15) is 27.0 Å². The van der Waals surface area contributed by atoms with E-state index in [1.54, 1.807) is 32.0 Å². The number of anilines is 1. The molecule has 2 aromatic rings. The third-order valence-corrected chi connectivity index (χ3v) is 7.46. The molecule has 1 unspecified atom stereocenters. The van der Waals surface area contributed by atoms with Gasteiger partial charge in [-0.1, -0.05) is 18.2 Å². The zero-order valence-corrected chi connectivity index (χ0v) is 22.0. The number of ether oxygens (including phenoxy) is 2. The summed E-state index contributed by atoms with van der Waals surface area (Å²) in [5.74, 6) is -0.626. The van der Waals surface area contributed by atoms with Crippen LogP contribution in [0.5, 0.6) is 5.75 Å². The monoisotopic (exact) mass is 562 g/mol. The predicted molar refractivity (Wildman–Crippen MR) is 132 cm³/mol. The van der Waals surface area contributed by atoms with E-state index in [4.69, 9.17) is 35.9 Å². The quantitative estimate of drug-likeness (QED) is 0.209. The standard InChI is InChI=1S/C22H29ClFN4O8P/c1-13(2)34-19(30)14(3)27-37(32,36-15-7-5-4-6-8-15)33-11-16-18(29)22(23,12-24)20(35-16)28-10-9-17(25)26-21(28)31/h4-10,13-14,16,18,20,29H,11-12H2,1-3H3,(H,27,32)(H2,25,26,31)/t14-,16+,18?,20+,22+,37-/m0/s1. The summed E-state index contributed by atoms with van der Waals surface area (Å²) in [5, 5.41) is 13.3. The average Bonchev–Trinajstić information content (AvgIpc) is 3.08. The number of benzene rings is 1. The average molecular weight is 563 g/mol. The highest BCUT2D eigenvalue weighted by Gasteiger charge is 2.57. The number of nitrogens with one attached hydrogen (secondary N) is 1. The summed E-state index contributed by atoms with van der Waals surface area (Å²) < 4.78 is 50.4. The number of para-hydroxylation sites is 1. The molecule has 1 aromatic heterocycles. The number of hydrogen-bond donors (Lipinski definition) is 3. The van der Waals surface area contributed by atoms with Crippen LogP contribution >= 0.6 is 19.3 Å². The second-order valence-electron chi connectivity index (χ2n) is 8.61. The Bertz CT molecular complexity index is 1190. The van der Waals surface area contributed by atoms with Gasteiger partial charge in [0.2, 0.25) is 0 Å². The third kappa shape index (κ3) is 6.86. The van der Waals surface area contributed by atoms with E-state index < -0.39 is 68.1 Å². The Balaban J connectivity index is 1.82. The third-order valence-electron chi connectivity index (χ3n) is 5.30. The zero-order chi connectivity index (χ0) is 27.4. The molecule has 1 aliphatic rings. The molecule has 2 heterocycles. The Labute approximate surface area is 217 Å². The van der Waals surface area contributed by atoms with Crippen molar-refractivity contribution < 1.29 is 37.4 Å². The fourth-order valence-corrected chi connectivity index (χ4v) is 5.29. The molecule has 0 saturated carbocycles. The molecule has 204 valence electrons. The molecule has 1 aromatic carbocycles. The SMILES string of the molecule is CC(C)OC(=O)[C@H](C)N[P@](=O)(OC[C@H]1O[C@@H](n2ccc(N)nc2=O)[C@@](Cl)(CF)C1O)Oc1ccccc1. The second kappa shape index (κ2) is 11.9. The number of carbonyl (C=O) groups is 1. The zero-order valence-electron chi connectivity index (χ0n) is 20.3. The van der Waals surface area contributed by atoms with Gasteiger partial charge < -0.3 is 24.8 Å². The molecule has 4 N–H and O–H groups in total. The van der Waals surface area contributed by atoms with Crippen molar-refractivity contribution in [3.8, 4) is 5.75 Å². The van der Waals surface area contributed by atoms with Crippen molar-refractivity contribution in [2.45, 2.75) is 56.2 Å². The van der Waals surface area contributed by atoms with Crippen LogP contribution in [0.15, 0.2) is 47.4 Å². The summed E-state index contributed by atoms with van der Waals surface area (Å²) >= 11 is 6.37. The van der Waals surface area contributed by atoms with Crippen molar-refractivity contribution in [2.75, 3.05) is 19.0 Å². The van der Waals surface area contributed by atoms with Crippen LogP contribution < -0.4 is 21.0 Å². The summed E-state index contributed by atoms with van der Waals surface area (Å²) in [7, 11) is -4.31. The summed E-state index contributed by atoms with van der Waals surface area (Å²) in [4.78, 5) is 26.1. The maximum absolute atomic E-state index is 14.1. The van der Waals surface area contributed by atoms with Crippen molar-refractivity contribution in [3.05, 3.63) is 53.1 Å². The van der Waals surface area contributed by atoms with E-state index in [9.17, 15) is 23.7 Å². The van der Waals surface area contributed by atoms with E-state index in [2.05, 4.69) is 10.1 Å². The van der Waals surface area contributed by atoms with Crippen LogP contribution in [0.2, 0.25) is 0 Å². The Morgan fingerprint density at radius 2 is 2.03 bits per heavy atom. The molecule has 0 spiro atoms. The number of nitrogen functional groups attached to an aromatic ring is 1. The van der Waals surface area contributed by atoms with E-state index in [-0.39, 0.29) is 11.6 Å². The molecule has 3 rings (SSSR count). The van der Waals surface area contributed by atoms with Crippen LogP contribution in [0.3, 0.4) is 0 Å². The molecule has 6 atom stereocenters. The number of nitrogens with two attached hydrogens (primary N) is 1. The van der Waals surface area contributed by atoms with Crippen LogP contribution in [0, 0.1) is 0 Å². The number of esters is 1. The van der Waals surface area contributed by atoms with E-state index in [1.165, 1.54) is 31.3 Å². The lowest BCUT2D eigenvalue weighted by Crippen LogP contribution is -2.46. The highest BCUT2D eigenvalue weighted by atomic mass is 35.5. The van der Waals surface area contributed by atoms with E-state index in [1.807, 2.05) is 0 Å². The molecule has 15 heteroatoms. The molecular formula is C22H29ClFN4O8P. The smallest absolute Gasteiger partial charge is 0.459 e. The van der Waals surface area contributed by atoms with Gasteiger partial charge in [-0.2, -0.15) is 10.1 Å². The number of hydrogen-bond acceptors (Lipinski definition) is 10. The summed E-state index contributed by atoms with van der Waals surface area (Å²) in [6.45, 7) is 2.80. The van der Waals surface area contributed by atoms with Gasteiger partial charge in [-0.05, 0) is 39.0 Å². The first-order valence-electron chi connectivity index (χ1n) is 11.3. The molecule has 0 aliphatic carbocycles. The van der Waals surface area contributed by atoms with Crippen LogP contribution in [-0.4, -0.2) is 63.1 Å². The maximum atomic E-state index is 14.1. The fourth-order valence-electron chi connectivity index (χ4n) is 3.49. The minimum atomic E-state index is -4.31. The normalized spacial score (nSPS) is 26.0. The molecule has 37 heavy (non-hydrogen) atoms. The van der Waals surface area contributed by atoms with Crippen LogP contribution in [0.4, 0.5) is 10.2 Å². The molecule has 1 aliphatic heterocycles. The van der Waals surface area contributed by atoms with E-state index >= 15 is 0 Å². The second-order valence-corrected chi connectivity index (χ2v) is 11.0. The topological polar surface area (TPSA) is 164 Å². The van der Waals surface area contributed by atoms with E-state index in [0.29, 0.717) is 0 Å². The van der Waals surface area contributed by atoms with Crippen LogP contribution in [-0.2, 0) is 23.4 Å². The van der Waals surface area contributed by atoms with Gasteiger partial charge in [-0.25, -0.2) is 13.8 Å². The molecule has 0 amide bonds. The Kier molecular flexibility index (Phi) is 9.32.